The third-order valence-corrected chi connectivity index (χ3v) is 8.59. The summed E-state index contributed by atoms with van der Waals surface area (Å²) in [5, 5.41) is 45.8. The van der Waals surface area contributed by atoms with Gasteiger partial charge in [-0.2, -0.15) is 0 Å². The summed E-state index contributed by atoms with van der Waals surface area (Å²) in [5.41, 5.74) is 3.31. The number of Topliss-reactive ketones (excluding diaryl/α,β-unsaturated/α-hetero) is 2. The van der Waals surface area contributed by atoms with Gasteiger partial charge in [-0.3, -0.25) is 19.3 Å². The Balaban J connectivity index is 1.78. The number of carbonyl (C=O) groups is 3. The van der Waals surface area contributed by atoms with Gasteiger partial charge >= 0.3 is 0 Å². The number of carbonyl (C=O) groups excluding carboxylic acids is 3. The first-order valence-corrected chi connectivity index (χ1v) is 13.1. The molecule has 3 aliphatic carbocycles. The van der Waals surface area contributed by atoms with Crippen LogP contribution in [0.3, 0.4) is 0 Å². The number of likely N-dealkylation sites (N-methyl/N-ethyl adjacent to an activating group) is 1. The maximum Gasteiger partial charge on any atom is 0.255 e. The molecule has 1 fully saturated rings. The van der Waals surface area contributed by atoms with Crippen LogP contribution in [0.2, 0.25) is 0 Å². The smallest absolute Gasteiger partial charge is 0.255 e. The van der Waals surface area contributed by atoms with E-state index in [0.717, 1.165) is 0 Å². The van der Waals surface area contributed by atoms with E-state index in [0.29, 0.717) is 16.8 Å². The number of aromatic hydroxyl groups is 1. The molecule has 1 amide bonds. The number of aliphatic hydroxyl groups excluding tert-OH is 2. The van der Waals surface area contributed by atoms with Gasteiger partial charge < -0.3 is 31.1 Å². The second-order valence-electron chi connectivity index (χ2n) is 11.5. The molecule has 0 unspecified atom stereocenters. The number of nitrogens with zero attached hydrogens (tertiary/aromatic N) is 2. The lowest BCUT2D eigenvalue weighted by atomic mass is 9.57. The number of hydrogen-bond acceptors (Lipinski definition) is 9. The zero-order valence-electron chi connectivity index (χ0n) is 23.3. The average molecular weight is 566 g/mol. The Kier molecular flexibility index (Phi) is 6.51. The van der Waals surface area contributed by atoms with Crippen LogP contribution in [0.25, 0.3) is 16.9 Å². The van der Waals surface area contributed by atoms with Gasteiger partial charge in [0.2, 0.25) is 5.78 Å². The number of amides is 1. The first kappa shape index (κ1) is 28.3. The fourth-order valence-electron chi connectivity index (χ4n) is 6.73. The number of fused-ring (bicyclic) bond motifs is 3. The second kappa shape index (κ2) is 9.42. The van der Waals surface area contributed by atoms with Gasteiger partial charge in [-0.05, 0) is 63.0 Å². The Labute approximate surface area is 235 Å². The lowest BCUT2D eigenvalue weighted by Crippen LogP contribution is -2.65. The molecule has 3 aliphatic rings. The molecule has 1 saturated carbocycles. The molecule has 0 spiro atoms. The van der Waals surface area contributed by atoms with E-state index in [4.69, 9.17) is 5.73 Å². The van der Waals surface area contributed by atoms with Crippen LogP contribution in [0.4, 0.5) is 10.1 Å². The number of aliphatic hydroxyl groups is 3. The lowest BCUT2D eigenvalue weighted by molar-refractivity contribution is -0.153. The number of anilines is 1. The zero-order chi connectivity index (χ0) is 30.3. The van der Waals surface area contributed by atoms with Gasteiger partial charge in [-0.15, -0.1) is 0 Å². The topological polar surface area (TPSA) is 165 Å². The maximum absolute atomic E-state index is 15.0. The summed E-state index contributed by atoms with van der Waals surface area (Å²) in [7, 11) is 6.58. The van der Waals surface area contributed by atoms with E-state index in [1.165, 1.54) is 17.0 Å². The summed E-state index contributed by atoms with van der Waals surface area (Å²) >= 11 is 0. The van der Waals surface area contributed by atoms with Gasteiger partial charge in [0, 0.05) is 42.4 Å². The minimum atomic E-state index is -2.73. The number of nitrogens with two attached hydrogens (primary N) is 1. The van der Waals surface area contributed by atoms with Gasteiger partial charge in [-0.25, -0.2) is 4.39 Å². The van der Waals surface area contributed by atoms with Crippen molar-refractivity contribution in [1.29, 1.82) is 0 Å². The molecule has 5 rings (SSSR count). The number of benzene rings is 2. The summed E-state index contributed by atoms with van der Waals surface area (Å²) in [6.45, 7) is 1.72. The highest BCUT2D eigenvalue weighted by Crippen LogP contribution is 2.55. The Hall–Kier alpha value is -4.22. The molecule has 2 aromatic carbocycles. The number of primary amides is 1. The minimum Gasteiger partial charge on any atom is -0.508 e. The molecule has 0 aromatic heterocycles. The first-order chi connectivity index (χ1) is 19.1. The van der Waals surface area contributed by atoms with Gasteiger partial charge in [0.25, 0.3) is 5.91 Å². The molecule has 4 atom stereocenters. The van der Waals surface area contributed by atoms with Crippen molar-refractivity contribution in [3.8, 4) is 16.9 Å². The maximum atomic E-state index is 15.0. The molecule has 0 saturated heterocycles. The Morgan fingerprint density at radius 3 is 2.29 bits per heavy atom. The van der Waals surface area contributed by atoms with Crippen molar-refractivity contribution in [2.24, 2.45) is 17.6 Å². The van der Waals surface area contributed by atoms with E-state index in [9.17, 15) is 34.8 Å². The lowest BCUT2D eigenvalue weighted by Gasteiger charge is -2.50. The van der Waals surface area contributed by atoms with Crippen LogP contribution in [-0.2, 0) is 20.8 Å². The zero-order valence-corrected chi connectivity index (χ0v) is 23.3. The fourth-order valence-corrected chi connectivity index (χ4v) is 6.73. The molecule has 6 N–H and O–H groups in total. The standard InChI is InChI=1S/C30H32FN3O7/c1-12-6-7-14(18(31)8-12)15-11-19(33(2)3)16-9-13-10-17-23(34(4)5)26(37)22(29(32)40)28(39)30(17,41)27(38)20(13)25(36)21(16)24(15)35/h6-8,11,13,17,23,35-36,39,41H,9-10H2,1-5H3,(H2,32,40)/t13-,17-,23-,30-/m0/s1. The molecule has 2 aromatic rings. The van der Waals surface area contributed by atoms with Crippen LogP contribution in [0.5, 0.6) is 5.75 Å². The number of aryl methyl sites for hydroxylation is 1. The molecule has 0 radical (unpaired) electrons. The second-order valence-corrected chi connectivity index (χ2v) is 11.5. The predicted molar refractivity (Wildman–Crippen MR) is 149 cm³/mol. The Morgan fingerprint density at radius 1 is 1.07 bits per heavy atom. The highest BCUT2D eigenvalue weighted by atomic mass is 19.1. The first-order valence-electron chi connectivity index (χ1n) is 13.1. The molecule has 0 aliphatic heterocycles. The highest BCUT2D eigenvalue weighted by molar-refractivity contribution is 6.24. The molecular weight excluding hydrogens is 533 g/mol. The molecule has 0 bridgehead atoms. The summed E-state index contributed by atoms with van der Waals surface area (Å²) in [5.74, 6) is -7.92. The SMILES string of the molecule is Cc1ccc(-c2cc(N(C)C)c3c(c2O)C(O)=C2C(=O)[C@]4(O)C(O)=C(C(N)=O)C(=O)[C@@H](N(C)C)[C@@H]4C[C@@H]2C3)c(F)c1. The van der Waals surface area contributed by atoms with E-state index >= 15 is 4.39 Å². The molecule has 0 heterocycles. The largest absolute Gasteiger partial charge is 0.508 e. The molecule has 216 valence electrons. The highest BCUT2D eigenvalue weighted by Gasteiger charge is 2.64. The minimum absolute atomic E-state index is 0.0201. The normalized spacial score (nSPS) is 25.7. The van der Waals surface area contributed by atoms with Gasteiger partial charge in [0.05, 0.1) is 11.6 Å². The third kappa shape index (κ3) is 3.86. The van der Waals surface area contributed by atoms with Crippen molar-refractivity contribution in [1.82, 2.24) is 4.90 Å². The van der Waals surface area contributed by atoms with Crippen LogP contribution < -0.4 is 10.6 Å². The van der Waals surface area contributed by atoms with Crippen molar-refractivity contribution in [3.05, 3.63) is 63.7 Å². The Morgan fingerprint density at radius 2 is 1.73 bits per heavy atom. The number of hydrogen-bond donors (Lipinski definition) is 5. The van der Waals surface area contributed by atoms with Crippen LogP contribution in [0.1, 0.15) is 23.1 Å². The summed E-state index contributed by atoms with van der Waals surface area (Å²) in [4.78, 5) is 42.7. The van der Waals surface area contributed by atoms with E-state index in [-0.39, 0.29) is 35.1 Å². The van der Waals surface area contributed by atoms with Gasteiger partial charge in [-0.1, -0.05) is 12.1 Å². The summed E-state index contributed by atoms with van der Waals surface area (Å²) < 4.78 is 15.0. The molecule has 10 nitrogen and oxygen atoms in total. The van der Waals surface area contributed by atoms with Crippen LogP contribution in [0, 0.1) is 24.6 Å². The monoisotopic (exact) mass is 565 g/mol. The third-order valence-electron chi connectivity index (χ3n) is 8.59. The summed E-state index contributed by atoms with van der Waals surface area (Å²) in [6, 6.07) is 4.95. The van der Waals surface area contributed by atoms with Crippen LogP contribution >= 0.6 is 0 Å². The van der Waals surface area contributed by atoms with Crippen LogP contribution in [-0.4, -0.2) is 82.6 Å². The number of phenolic OH excluding ortho intramolecular Hbond substituents is 1. The van der Waals surface area contributed by atoms with Crippen molar-refractivity contribution >= 4 is 28.9 Å². The van der Waals surface area contributed by atoms with Crippen molar-refractivity contribution in [2.75, 3.05) is 33.1 Å². The fraction of sp³-hybridized carbons (Fsp3) is 0.367. The Bertz CT molecular complexity index is 1610. The van der Waals surface area contributed by atoms with E-state index in [2.05, 4.69) is 0 Å². The molecule has 41 heavy (non-hydrogen) atoms. The van der Waals surface area contributed by atoms with Gasteiger partial charge in [0.1, 0.15) is 28.7 Å². The molecular formula is C30H32FN3O7. The van der Waals surface area contributed by atoms with Crippen molar-refractivity contribution in [3.63, 3.8) is 0 Å². The van der Waals surface area contributed by atoms with E-state index in [1.807, 2.05) is 0 Å². The number of ketones is 2. The van der Waals surface area contributed by atoms with E-state index in [1.54, 1.807) is 52.1 Å². The average Bonchev–Trinajstić information content (AvgIpc) is 2.86. The van der Waals surface area contributed by atoms with Crippen molar-refractivity contribution in [2.45, 2.75) is 31.4 Å². The van der Waals surface area contributed by atoms with Crippen LogP contribution in [0.15, 0.2) is 41.2 Å². The number of rotatable bonds is 4. The summed E-state index contributed by atoms with van der Waals surface area (Å²) in [6.07, 6.45) is 0.111. The predicted octanol–water partition coefficient (Wildman–Crippen LogP) is 2.14. The van der Waals surface area contributed by atoms with Crippen molar-refractivity contribution < 1.29 is 39.2 Å². The van der Waals surface area contributed by atoms with E-state index < -0.39 is 69.6 Å². The van der Waals surface area contributed by atoms with Gasteiger partial charge in [0.15, 0.2) is 11.4 Å². The number of halogens is 1. The quantitative estimate of drug-likeness (QED) is 0.349. The number of phenols is 1. The molecule has 11 heteroatoms.